The molecule has 4 nitrogen and oxygen atoms in total. The van der Waals surface area contributed by atoms with E-state index in [-0.39, 0.29) is 6.04 Å². The zero-order valence-electron chi connectivity index (χ0n) is 10.7. The predicted molar refractivity (Wildman–Crippen MR) is 77.6 cm³/mol. The maximum atomic E-state index is 6.01. The van der Waals surface area contributed by atoms with E-state index in [1.807, 2.05) is 18.2 Å². The maximum absolute atomic E-state index is 6.01. The van der Waals surface area contributed by atoms with Gasteiger partial charge in [-0.3, -0.25) is 5.10 Å². The summed E-state index contributed by atoms with van der Waals surface area (Å²) in [5.74, 6) is 0.920. The van der Waals surface area contributed by atoms with Gasteiger partial charge in [-0.05, 0) is 37.6 Å². The summed E-state index contributed by atoms with van der Waals surface area (Å²) in [6, 6.07) is 5.95. The highest BCUT2D eigenvalue weighted by Crippen LogP contribution is 2.25. The highest BCUT2D eigenvalue weighted by Gasteiger charge is 2.07. The maximum Gasteiger partial charge on any atom is 0.137 e. The van der Waals surface area contributed by atoms with Crippen LogP contribution >= 0.6 is 23.2 Å². The van der Waals surface area contributed by atoms with Crippen molar-refractivity contribution in [1.29, 1.82) is 0 Å². The normalized spacial score (nSPS) is 12.6. The summed E-state index contributed by atoms with van der Waals surface area (Å²) in [6.07, 6.45) is 3.42. The van der Waals surface area contributed by atoms with Gasteiger partial charge in [0.05, 0.1) is 10.0 Å². The molecule has 19 heavy (non-hydrogen) atoms. The van der Waals surface area contributed by atoms with Crippen molar-refractivity contribution in [2.45, 2.75) is 25.8 Å². The van der Waals surface area contributed by atoms with Crippen LogP contribution in [0.4, 0.5) is 0 Å². The lowest BCUT2D eigenvalue weighted by Crippen LogP contribution is -2.20. The fourth-order valence-corrected chi connectivity index (χ4v) is 2.13. The number of nitrogens with one attached hydrogen (secondary N) is 2. The lowest BCUT2D eigenvalue weighted by atomic mass is 10.1. The van der Waals surface area contributed by atoms with Gasteiger partial charge in [0.2, 0.25) is 0 Å². The summed E-state index contributed by atoms with van der Waals surface area (Å²) < 4.78 is 0. The molecule has 0 radical (unpaired) electrons. The molecule has 0 spiro atoms. The number of hydrogen-bond acceptors (Lipinski definition) is 3. The molecular formula is C13H16Cl2N4. The largest absolute Gasteiger partial charge is 0.310 e. The predicted octanol–water partition coefficient (Wildman–Crippen LogP) is 3.39. The van der Waals surface area contributed by atoms with Crippen LogP contribution < -0.4 is 5.32 Å². The van der Waals surface area contributed by atoms with Crippen molar-refractivity contribution in [3.05, 3.63) is 46.0 Å². The van der Waals surface area contributed by atoms with Gasteiger partial charge in [0.25, 0.3) is 0 Å². The minimum atomic E-state index is 0.240. The molecule has 2 N–H and O–H groups in total. The summed E-state index contributed by atoms with van der Waals surface area (Å²) in [6.45, 7) is 3.01. The molecule has 0 bridgehead atoms. The van der Waals surface area contributed by atoms with Crippen molar-refractivity contribution in [2.75, 3.05) is 6.54 Å². The van der Waals surface area contributed by atoms with E-state index < -0.39 is 0 Å². The Bertz CT molecular complexity index is 513. The molecule has 0 saturated carbocycles. The lowest BCUT2D eigenvalue weighted by molar-refractivity contribution is 0.554. The van der Waals surface area contributed by atoms with Gasteiger partial charge in [-0.25, -0.2) is 4.98 Å². The third kappa shape index (κ3) is 4.20. The Morgan fingerprint density at radius 2 is 2.16 bits per heavy atom. The van der Waals surface area contributed by atoms with Crippen LogP contribution in [-0.2, 0) is 6.42 Å². The number of halogens is 2. The number of H-pyrrole nitrogens is 1. The molecule has 0 aliphatic carbocycles. The van der Waals surface area contributed by atoms with Crippen molar-refractivity contribution in [2.24, 2.45) is 0 Å². The molecule has 102 valence electrons. The van der Waals surface area contributed by atoms with Crippen LogP contribution in [0.1, 0.15) is 30.8 Å². The number of aryl methyl sites for hydroxylation is 1. The SMILES string of the molecule is CC(NCCCc1ncn[nH]1)c1ccc(Cl)c(Cl)c1. The minimum absolute atomic E-state index is 0.240. The van der Waals surface area contributed by atoms with Crippen LogP contribution in [0.5, 0.6) is 0 Å². The summed E-state index contributed by atoms with van der Waals surface area (Å²) in [5.41, 5.74) is 1.13. The highest BCUT2D eigenvalue weighted by molar-refractivity contribution is 6.42. The minimum Gasteiger partial charge on any atom is -0.310 e. The molecule has 1 aromatic carbocycles. The van der Waals surface area contributed by atoms with Crippen LogP contribution in [-0.4, -0.2) is 21.7 Å². The van der Waals surface area contributed by atoms with Gasteiger partial charge in [0, 0.05) is 12.5 Å². The van der Waals surface area contributed by atoms with Gasteiger partial charge in [0.1, 0.15) is 12.2 Å². The number of hydrogen-bond donors (Lipinski definition) is 2. The van der Waals surface area contributed by atoms with E-state index in [0.29, 0.717) is 10.0 Å². The summed E-state index contributed by atoms with van der Waals surface area (Å²) in [5, 5.41) is 11.3. The van der Waals surface area contributed by atoms with Gasteiger partial charge < -0.3 is 5.32 Å². The first-order valence-corrected chi connectivity index (χ1v) is 6.95. The fourth-order valence-electron chi connectivity index (χ4n) is 1.83. The molecule has 0 amide bonds. The smallest absolute Gasteiger partial charge is 0.137 e. The summed E-state index contributed by atoms with van der Waals surface area (Å²) in [7, 11) is 0. The standard InChI is InChI=1S/C13H16Cl2N4/c1-9(10-4-5-11(14)12(15)7-10)16-6-2-3-13-17-8-18-19-13/h4-5,7-9,16H,2-3,6H2,1H3,(H,17,18,19). The highest BCUT2D eigenvalue weighted by atomic mass is 35.5. The Labute approximate surface area is 122 Å². The monoisotopic (exact) mass is 298 g/mol. The molecule has 0 saturated heterocycles. The van der Waals surface area contributed by atoms with E-state index in [2.05, 4.69) is 27.4 Å². The lowest BCUT2D eigenvalue weighted by Gasteiger charge is -2.14. The Hall–Kier alpha value is -1.10. The molecule has 2 rings (SSSR count). The van der Waals surface area contributed by atoms with Crippen LogP contribution in [0, 0.1) is 0 Å². The zero-order valence-corrected chi connectivity index (χ0v) is 12.2. The Morgan fingerprint density at radius 3 is 2.84 bits per heavy atom. The first-order valence-electron chi connectivity index (χ1n) is 6.19. The van der Waals surface area contributed by atoms with Crippen molar-refractivity contribution in [3.63, 3.8) is 0 Å². The topological polar surface area (TPSA) is 53.6 Å². The summed E-state index contributed by atoms with van der Waals surface area (Å²) in [4.78, 5) is 4.09. The second-order valence-corrected chi connectivity index (χ2v) is 5.20. The second kappa shape index (κ2) is 6.89. The van der Waals surface area contributed by atoms with E-state index in [1.165, 1.54) is 6.33 Å². The average molecular weight is 299 g/mol. The average Bonchev–Trinajstić information content (AvgIpc) is 2.91. The van der Waals surface area contributed by atoms with E-state index in [0.717, 1.165) is 30.8 Å². The molecule has 0 aliphatic heterocycles. The van der Waals surface area contributed by atoms with E-state index >= 15 is 0 Å². The molecule has 6 heteroatoms. The quantitative estimate of drug-likeness (QED) is 0.804. The van der Waals surface area contributed by atoms with Crippen LogP contribution in [0.2, 0.25) is 10.0 Å². The van der Waals surface area contributed by atoms with Crippen LogP contribution in [0.15, 0.2) is 24.5 Å². The number of rotatable bonds is 6. The van der Waals surface area contributed by atoms with Crippen LogP contribution in [0.3, 0.4) is 0 Å². The second-order valence-electron chi connectivity index (χ2n) is 4.39. The van der Waals surface area contributed by atoms with Crippen molar-refractivity contribution < 1.29 is 0 Å². The van der Waals surface area contributed by atoms with E-state index in [1.54, 1.807) is 0 Å². The van der Waals surface area contributed by atoms with Crippen molar-refractivity contribution >= 4 is 23.2 Å². The van der Waals surface area contributed by atoms with E-state index in [4.69, 9.17) is 23.2 Å². The third-order valence-corrected chi connectivity index (χ3v) is 3.69. The Morgan fingerprint density at radius 1 is 1.32 bits per heavy atom. The van der Waals surface area contributed by atoms with E-state index in [9.17, 15) is 0 Å². The van der Waals surface area contributed by atoms with Gasteiger partial charge in [-0.15, -0.1) is 0 Å². The molecule has 1 heterocycles. The number of aromatic amines is 1. The summed E-state index contributed by atoms with van der Waals surface area (Å²) >= 11 is 11.9. The van der Waals surface area contributed by atoms with Gasteiger partial charge in [0.15, 0.2) is 0 Å². The Kier molecular flexibility index (Phi) is 5.19. The van der Waals surface area contributed by atoms with Crippen molar-refractivity contribution in [3.8, 4) is 0 Å². The number of aromatic nitrogens is 3. The molecule has 0 fully saturated rings. The third-order valence-electron chi connectivity index (χ3n) is 2.95. The number of benzene rings is 1. The number of nitrogens with zero attached hydrogens (tertiary/aromatic N) is 2. The van der Waals surface area contributed by atoms with Crippen LogP contribution in [0.25, 0.3) is 0 Å². The molecule has 1 unspecified atom stereocenters. The molecular weight excluding hydrogens is 283 g/mol. The van der Waals surface area contributed by atoms with Gasteiger partial charge >= 0.3 is 0 Å². The van der Waals surface area contributed by atoms with Crippen molar-refractivity contribution in [1.82, 2.24) is 20.5 Å². The van der Waals surface area contributed by atoms with Gasteiger partial charge in [-0.1, -0.05) is 29.3 Å². The Balaban J connectivity index is 1.77. The fraction of sp³-hybridized carbons (Fsp3) is 0.385. The molecule has 0 aliphatic rings. The first kappa shape index (κ1) is 14.3. The van der Waals surface area contributed by atoms with Gasteiger partial charge in [-0.2, -0.15) is 5.10 Å². The molecule has 1 aromatic heterocycles. The zero-order chi connectivity index (χ0) is 13.7. The first-order chi connectivity index (χ1) is 9.16. The molecule has 2 aromatic rings. The molecule has 1 atom stereocenters.